The Kier molecular flexibility index (Phi) is 57.2. The zero-order valence-corrected chi connectivity index (χ0v) is 53.3. The average Bonchev–Trinajstić information content (AvgIpc) is 3.47. The number of ether oxygens (including phenoxy) is 4. The third kappa shape index (κ3) is 50.5. The normalized spacial score (nSPS) is 11.3. The average molecular weight is 1330 g/mol. The molecule has 34 nitrogen and oxygen atoms in total. The van der Waals surface area contributed by atoms with Gasteiger partial charge in [0.1, 0.15) is 37.4 Å². The number of unbranched alkanes of at least 4 members (excludes halogenated alkanes) is 2. The fraction of sp³-hybridized carbons (Fsp3) is 0.600. The van der Waals surface area contributed by atoms with Crippen molar-refractivity contribution in [1.82, 2.24) is 53.2 Å². The Morgan fingerprint density at radius 2 is 0.857 bits per heavy atom. The Balaban J connectivity index is -0.00000151. The second-order valence-corrected chi connectivity index (χ2v) is 18.9. The van der Waals surface area contributed by atoms with E-state index in [0.717, 1.165) is 37.1 Å². The van der Waals surface area contributed by atoms with Crippen molar-refractivity contribution in [2.24, 2.45) is 27.4 Å². The van der Waals surface area contributed by atoms with E-state index in [1.807, 2.05) is 12.1 Å². The van der Waals surface area contributed by atoms with Crippen LogP contribution in [-0.4, -0.2) is 201 Å². The van der Waals surface area contributed by atoms with Gasteiger partial charge in [0.25, 0.3) is 0 Å². The van der Waals surface area contributed by atoms with Crippen molar-refractivity contribution in [3.05, 3.63) is 92.7 Å². The highest BCUT2D eigenvalue weighted by Crippen LogP contribution is 2.08. The predicted molar refractivity (Wildman–Crippen MR) is 326 cm³/mol. The molecule has 0 aliphatic heterocycles. The first-order valence-electron chi connectivity index (χ1n) is 29.1. The van der Waals surface area contributed by atoms with E-state index in [4.69, 9.17) is 47.2 Å². The number of rotatable bonds is 46. The Hall–Kier alpha value is -7.98. The van der Waals surface area contributed by atoms with Gasteiger partial charge in [-0.1, -0.05) is 77.3 Å². The van der Waals surface area contributed by atoms with Crippen LogP contribution in [0.3, 0.4) is 0 Å². The summed E-state index contributed by atoms with van der Waals surface area (Å²) < 4.78 is 20.9. The highest BCUT2D eigenvalue weighted by atomic mass is 35.5. The molecule has 0 aliphatic rings. The minimum atomic E-state index is -1.39. The number of carbonyl (C=O) groups is 10. The Morgan fingerprint density at radius 1 is 0.473 bits per heavy atom. The number of esters is 2. The van der Waals surface area contributed by atoms with Gasteiger partial charge in [0.2, 0.25) is 47.3 Å². The maximum Gasteiger partial charge on any atom is 0.308 e. The quantitative estimate of drug-likeness (QED) is 0.00962. The second-order valence-electron chi connectivity index (χ2n) is 18.9. The minimum absolute atomic E-state index is 0. The molecule has 0 spiro atoms. The maximum absolute atomic E-state index is 13.1. The number of carbonyl (C=O) groups excluding carboxylic acids is 10. The summed E-state index contributed by atoms with van der Waals surface area (Å²) in [6, 6.07) is 12.5. The zero-order valence-electron chi connectivity index (χ0n) is 51.8. The predicted octanol–water partition coefficient (Wildman–Crippen LogP) is -9.42. The largest absolute Gasteiger partial charge is 1.00 e. The lowest BCUT2D eigenvalue weighted by Gasteiger charge is -2.22. The van der Waals surface area contributed by atoms with Crippen LogP contribution in [0.15, 0.2) is 70.9 Å². The van der Waals surface area contributed by atoms with E-state index < -0.39 is 96.2 Å². The number of amides is 8. The summed E-state index contributed by atoms with van der Waals surface area (Å²) in [5.74, 6) is -6.68. The summed E-state index contributed by atoms with van der Waals surface area (Å²) in [4.78, 5) is 130. The highest BCUT2D eigenvalue weighted by Gasteiger charge is 2.32. The molecule has 91 heavy (non-hydrogen) atoms. The topological polar surface area (TPSA) is 531 Å². The van der Waals surface area contributed by atoms with Crippen LogP contribution < -0.4 is 101 Å². The van der Waals surface area contributed by atoms with Crippen LogP contribution in [0, 0.1) is 0 Å². The molecule has 2 rings (SSSR count). The molecule has 0 saturated heterocycles. The number of quaternary nitrogens is 1. The van der Waals surface area contributed by atoms with Gasteiger partial charge in [0, 0.05) is 95.7 Å². The molecule has 0 fully saturated rings. The first-order chi connectivity index (χ1) is 42.9. The first kappa shape index (κ1) is 87.2. The molecule has 4 atom stereocenters. The standard InChI is InChI=1S/C28H34N6O8.C22H44N12O6.C5H14N2.2ClH/c1-20(35)32-24(17-26(37)42-19-22-10-6-3-7-11-22)28(39)33-23(27(38)30-12-14-40-15-13-31-34-29)16-25(36)41-18-21-8-4-2-5-9-21;1-16(35)32-18(15-20(37)29-9-7-27-5-3-24)22(39)33-17(14-19(36)28-8-6-26-4-2-23)21(38)30-10-12-40-13-11-31-34-25;6-4-2-1-3-5-7;;/h2-11,23-24H,12-19H2,1H3,(H,30,38)(H,32,35)(H,33,39);17-18,26-27H,2-15,23-24H2,1H3,(H,28,36)(H,29,37)(H,30,38)(H,32,35)(H,33,39);1-7H2;2*1H/p-1/t23-,24+;17-,18+;;;/m00.../s1. The molecule has 0 aromatic heterocycles. The summed E-state index contributed by atoms with van der Waals surface area (Å²) in [6.07, 6.45) is 1.65. The van der Waals surface area contributed by atoms with Gasteiger partial charge in [0.15, 0.2) is 0 Å². The Morgan fingerprint density at radius 3 is 1.23 bits per heavy atom. The monoisotopic (exact) mass is 1330 g/mol. The van der Waals surface area contributed by atoms with Crippen molar-refractivity contribution in [2.75, 3.05) is 118 Å². The van der Waals surface area contributed by atoms with E-state index in [0.29, 0.717) is 45.8 Å². The number of hydrogen-bond donors (Lipinski definition) is 14. The van der Waals surface area contributed by atoms with Crippen molar-refractivity contribution < 1.29 is 97.4 Å². The van der Waals surface area contributed by atoms with Crippen molar-refractivity contribution in [3.8, 4) is 0 Å². The number of hydrogen-bond acceptors (Lipinski definition) is 21. The summed E-state index contributed by atoms with van der Waals surface area (Å²) >= 11 is 0. The third-order valence-corrected chi connectivity index (χ3v) is 11.4. The molecule has 0 aliphatic carbocycles. The number of nitrogens with two attached hydrogens (primary N) is 3. The Bertz CT molecular complexity index is 2470. The Labute approximate surface area is 542 Å². The van der Waals surface area contributed by atoms with Crippen LogP contribution in [0.2, 0.25) is 0 Å². The first-order valence-corrected chi connectivity index (χ1v) is 29.1. The third-order valence-electron chi connectivity index (χ3n) is 11.4. The fourth-order valence-corrected chi connectivity index (χ4v) is 7.08. The molecular weight excluding hydrogens is 1240 g/mol. The number of nitrogens with one attached hydrogen (secondary N) is 10. The smallest absolute Gasteiger partial charge is 0.308 e. The molecule has 0 radical (unpaired) electrons. The van der Waals surface area contributed by atoms with Gasteiger partial charge in [-0.3, -0.25) is 47.9 Å². The van der Waals surface area contributed by atoms with E-state index >= 15 is 0 Å². The lowest BCUT2D eigenvalue weighted by Crippen LogP contribution is -3.00. The van der Waals surface area contributed by atoms with Gasteiger partial charge < -0.3 is 120 Å². The van der Waals surface area contributed by atoms with Gasteiger partial charge in [0.05, 0.1) is 58.7 Å². The number of halogens is 2. The summed E-state index contributed by atoms with van der Waals surface area (Å²) in [5.41, 5.74) is 37.6. The van der Waals surface area contributed by atoms with Gasteiger partial charge in [-0.15, -0.1) is 0 Å². The van der Waals surface area contributed by atoms with Crippen molar-refractivity contribution in [3.63, 3.8) is 0 Å². The van der Waals surface area contributed by atoms with Crippen LogP contribution in [-0.2, 0) is 80.1 Å². The summed E-state index contributed by atoms with van der Waals surface area (Å²) in [6.45, 7) is 8.69. The van der Waals surface area contributed by atoms with Crippen molar-refractivity contribution in [2.45, 2.75) is 96.2 Å². The lowest BCUT2D eigenvalue weighted by atomic mass is 10.1. The van der Waals surface area contributed by atoms with Crippen LogP contribution >= 0.6 is 0 Å². The van der Waals surface area contributed by atoms with Crippen molar-refractivity contribution in [1.29, 1.82) is 0 Å². The maximum atomic E-state index is 13.1. The van der Waals surface area contributed by atoms with E-state index in [1.54, 1.807) is 48.5 Å². The molecule has 36 heteroatoms. The molecule has 19 N–H and O–H groups in total. The van der Waals surface area contributed by atoms with E-state index in [1.165, 1.54) is 20.3 Å². The fourth-order valence-electron chi connectivity index (χ4n) is 7.08. The van der Waals surface area contributed by atoms with Crippen LogP contribution in [0.25, 0.3) is 20.9 Å². The molecule has 8 amide bonds. The van der Waals surface area contributed by atoms with Gasteiger partial charge in [-0.25, -0.2) is 0 Å². The summed E-state index contributed by atoms with van der Waals surface area (Å²) in [7, 11) is 0. The van der Waals surface area contributed by atoms with E-state index in [2.05, 4.69) is 79.0 Å². The van der Waals surface area contributed by atoms with Crippen LogP contribution in [0.1, 0.15) is 69.9 Å². The van der Waals surface area contributed by atoms with Gasteiger partial charge >= 0.3 is 11.9 Å². The SMILES string of the molecule is CC(=O)N[C@H](CC(=O)NCCNCC[NH3+])C(=O)N[C@@H](CC(=O)NCCNCCN)C(=O)NCCOCCN=[N+]=[N-].CC(=O)N[C@H](CC(=O)OCc1ccccc1)C(=O)N[C@@H](CC(=O)OCc1ccccc1)C(=O)NCCOCCN=[N+]=[N-].NCCCCCN.[Cl-].[Cl-]. The molecule has 2 aromatic rings. The molecule has 0 saturated carbocycles. The molecule has 0 unspecified atom stereocenters. The molecule has 0 bridgehead atoms. The highest BCUT2D eigenvalue weighted by molar-refractivity contribution is 5.97. The van der Waals surface area contributed by atoms with E-state index in [9.17, 15) is 47.9 Å². The summed E-state index contributed by atoms with van der Waals surface area (Å²) in [5, 5.41) is 32.8. The van der Waals surface area contributed by atoms with E-state index in [-0.39, 0.29) is 110 Å². The van der Waals surface area contributed by atoms with Gasteiger partial charge in [-0.05, 0) is 48.1 Å². The number of azide groups is 2. The number of benzene rings is 2. The molecule has 512 valence electrons. The molecular formula is C55H93Cl2N20O14-. The lowest BCUT2D eigenvalue weighted by molar-refractivity contribution is -0.365. The van der Waals surface area contributed by atoms with Crippen LogP contribution in [0.5, 0.6) is 0 Å². The molecule has 2 aromatic carbocycles. The van der Waals surface area contributed by atoms with Crippen molar-refractivity contribution >= 4 is 59.2 Å². The molecule has 0 heterocycles. The zero-order chi connectivity index (χ0) is 66.1. The van der Waals surface area contributed by atoms with Gasteiger partial charge in [-0.2, -0.15) is 0 Å². The minimum Gasteiger partial charge on any atom is -1.00 e. The number of nitrogens with zero attached hydrogens (tertiary/aromatic N) is 6. The second kappa shape index (κ2) is 59.6. The van der Waals surface area contributed by atoms with Crippen LogP contribution in [0.4, 0.5) is 0 Å².